The maximum absolute atomic E-state index is 5.98. The quantitative estimate of drug-likeness (QED) is 0.834. The van der Waals surface area contributed by atoms with Gasteiger partial charge in [0.1, 0.15) is 0 Å². The lowest BCUT2D eigenvalue weighted by atomic mass is 9.75. The van der Waals surface area contributed by atoms with E-state index in [0.717, 1.165) is 30.1 Å². The lowest BCUT2D eigenvalue weighted by molar-refractivity contribution is 0.313. The number of nitrogens with zero attached hydrogens (tertiary/aromatic N) is 2. The monoisotopic (exact) mass is 313 g/mol. The summed E-state index contributed by atoms with van der Waals surface area (Å²) in [5.74, 6) is 0. The molecule has 4 heteroatoms. The van der Waals surface area contributed by atoms with Crippen LogP contribution in [0.15, 0.2) is 30.5 Å². The van der Waals surface area contributed by atoms with Gasteiger partial charge in [0.2, 0.25) is 0 Å². The van der Waals surface area contributed by atoms with Gasteiger partial charge in [-0.25, -0.2) is 0 Å². The minimum Gasteiger partial charge on any atom is -0.297 e. The number of hydrogen-bond donors (Lipinski definition) is 1. The molecule has 4 rings (SSSR count). The van der Waals surface area contributed by atoms with Crippen molar-refractivity contribution in [3.63, 3.8) is 0 Å². The van der Waals surface area contributed by atoms with E-state index < -0.39 is 0 Å². The fourth-order valence-corrected chi connectivity index (χ4v) is 3.57. The maximum atomic E-state index is 5.98. The van der Waals surface area contributed by atoms with Crippen LogP contribution in [0.2, 0.25) is 5.02 Å². The smallest absolute Gasteiger partial charge is 0.0680 e. The third-order valence-electron chi connectivity index (χ3n) is 4.75. The van der Waals surface area contributed by atoms with Gasteiger partial charge in [0.15, 0.2) is 0 Å². The molecule has 0 saturated carbocycles. The molecule has 1 aromatic carbocycles. The van der Waals surface area contributed by atoms with Gasteiger partial charge in [-0.15, -0.1) is 0 Å². The molecule has 0 unspecified atom stereocenters. The van der Waals surface area contributed by atoms with E-state index in [2.05, 4.69) is 24.3 Å². The Kier molecular flexibility index (Phi) is 3.08. The number of fused-ring (bicyclic) bond motifs is 3. The number of benzene rings is 1. The van der Waals surface area contributed by atoms with E-state index >= 15 is 0 Å². The van der Waals surface area contributed by atoms with Crippen LogP contribution in [0.25, 0.3) is 0 Å². The lowest BCUT2D eigenvalue weighted by Gasteiger charge is -2.32. The van der Waals surface area contributed by atoms with Gasteiger partial charge in [-0.1, -0.05) is 25.4 Å². The molecule has 22 heavy (non-hydrogen) atoms. The van der Waals surface area contributed by atoms with E-state index in [1.54, 1.807) is 0 Å². The van der Waals surface area contributed by atoms with Gasteiger partial charge in [-0.3, -0.25) is 15.4 Å². The highest BCUT2D eigenvalue weighted by Crippen LogP contribution is 2.41. The Hall–Kier alpha value is -1.74. The third kappa shape index (κ3) is 2.34. The van der Waals surface area contributed by atoms with Gasteiger partial charge < -0.3 is 0 Å². The van der Waals surface area contributed by atoms with Gasteiger partial charge in [0, 0.05) is 22.5 Å². The van der Waals surface area contributed by atoms with Gasteiger partial charge in [0.25, 0.3) is 0 Å². The molecule has 1 aliphatic carbocycles. The van der Waals surface area contributed by atoms with Crippen LogP contribution in [0, 0.1) is 5.41 Å². The van der Waals surface area contributed by atoms with E-state index in [1.165, 1.54) is 28.9 Å². The van der Waals surface area contributed by atoms with Gasteiger partial charge >= 0.3 is 0 Å². The summed E-state index contributed by atoms with van der Waals surface area (Å²) in [4.78, 5) is 4.71. The number of halogens is 1. The molecule has 1 aliphatic heterocycles. The molecule has 0 spiro atoms. The Morgan fingerprint density at radius 2 is 2.00 bits per heavy atom. The molecular formula is C18H20ClN3. The average molecular weight is 314 g/mol. The first-order valence-corrected chi connectivity index (χ1v) is 8.19. The van der Waals surface area contributed by atoms with E-state index in [-0.39, 0.29) is 0 Å². The van der Waals surface area contributed by atoms with E-state index in [9.17, 15) is 0 Å². The molecule has 0 bridgehead atoms. The first kappa shape index (κ1) is 13.9. The van der Waals surface area contributed by atoms with Crippen LogP contribution in [0.4, 0.5) is 11.4 Å². The fourth-order valence-electron chi connectivity index (χ4n) is 3.45. The number of aromatic nitrogens is 1. The van der Waals surface area contributed by atoms with Gasteiger partial charge in [0.05, 0.1) is 17.9 Å². The topological polar surface area (TPSA) is 28.2 Å². The van der Waals surface area contributed by atoms with Crippen molar-refractivity contribution in [2.24, 2.45) is 5.41 Å². The zero-order valence-electron chi connectivity index (χ0n) is 13.0. The van der Waals surface area contributed by atoms with E-state index in [4.69, 9.17) is 16.6 Å². The maximum Gasteiger partial charge on any atom is 0.0680 e. The lowest BCUT2D eigenvalue weighted by Crippen LogP contribution is -2.26. The van der Waals surface area contributed by atoms with E-state index in [0.29, 0.717) is 5.41 Å². The number of rotatable bonds is 1. The highest BCUT2D eigenvalue weighted by Gasteiger charge is 2.31. The molecule has 3 nitrogen and oxygen atoms in total. The number of aryl methyl sites for hydroxylation is 1. The van der Waals surface area contributed by atoms with Crippen LogP contribution in [-0.4, -0.2) is 4.98 Å². The van der Waals surface area contributed by atoms with Crippen LogP contribution in [0.1, 0.15) is 37.1 Å². The standard InChI is InChI=1S/C18H20ClN3/c1-18(2)8-7-16-15(9-18)17-12(10-20-16)11-22(21-17)14-5-3-13(19)4-6-14/h3-6,10,21H,7-9,11H2,1-2H3. The summed E-state index contributed by atoms with van der Waals surface area (Å²) in [7, 11) is 0. The van der Waals surface area contributed by atoms with Crippen molar-refractivity contribution in [3.05, 3.63) is 52.3 Å². The largest absolute Gasteiger partial charge is 0.297 e. The number of anilines is 2. The molecule has 0 fully saturated rings. The first-order chi connectivity index (χ1) is 10.5. The second kappa shape index (κ2) is 4.88. The zero-order chi connectivity index (χ0) is 15.3. The van der Waals surface area contributed by atoms with Crippen molar-refractivity contribution in [1.29, 1.82) is 0 Å². The van der Waals surface area contributed by atoms with Gasteiger partial charge in [-0.05, 0) is 54.5 Å². The molecule has 0 amide bonds. The second-order valence-corrected chi connectivity index (χ2v) is 7.54. The van der Waals surface area contributed by atoms with Crippen molar-refractivity contribution in [1.82, 2.24) is 4.98 Å². The van der Waals surface area contributed by atoms with Crippen molar-refractivity contribution in [2.75, 3.05) is 10.4 Å². The summed E-state index contributed by atoms with van der Waals surface area (Å²) >= 11 is 5.98. The summed E-state index contributed by atoms with van der Waals surface area (Å²) in [5.41, 5.74) is 10.3. The highest BCUT2D eigenvalue weighted by molar-refractivity contribution is 6.30. The Labute approximate surface area is 136 Å². The van der Waals surface area contributed by atoms with Crippen molar-refractivity contribution in [2.45, 2.75) is 39.7 Å². The fraction of sp³-hybridized carbons (Fsp3) is 0.389. The number of hydrogen-bond acceptors (Lipinski definition) is 3. The number of pyridine rings is 1. The predicted molar refractivity (Wildman–Crippen MR) is 91.3 cm³/mol. The summed E-state index contributed by atoms with van der Waals surface area (Å²) in [6.07, 6.45) is 5.43. The summed E-state index contributed by atoms with van der Waals surface area (Å²) in [5, 5.41) is 2.94. The molecule has 1 N–H and O–H groups in total. The Bertz CT molecular complexity index is 722. The molecule has 2 aromatic rings. The summed E-state index contributed by atoms with van der Waals surface area (Å²) in [6.45, 7) is 5.54. The highest BCUT2D eigenvalue weighted by atomic mass is 35.5. The molecule has 2 aliphatic rings. The number of nitrogens with one attached hydrogen (secondary N) is 1. The average Bonchev–Trinajstić information content (AvgIpc) is 2.91. The molecule has 0 saturated heterocycles. The second-order valence-electron chi connectivity index (χ2n) is 7.10. The molecule has 0 radical (unpaired) electrons. The third-order valence-corrected chi connectivity index (χ3v) is 5.01. The summed E-state index contributed by atoms with van der Waals surface area (Å²) in [6, 6.07) is 7.95. The van der Waals surface area contributed by atoms with Crippen LogP contribution in [0.3, 0.4) is 0 Å². The molecule has 0 atom stereocenters. The zero-order valence-corrected chi connectivity index (χ0v) is 13.7. The van der Waals surface area contributed by atoms with E-state index in [1.807, 2.05) is 30.5 Å². The normalized spacial score (nSPS) is 18.6. The molecular weight excluding hydrogens is 294 g/mol. The van der Waals surface area contributed by atoms with Crippen LogP contribution in [0.5, 0.6) is 0 Å². The SMILES string of the molecule is CC1(C)CCc2ncc3c(c2C1)NN(c1ccc(Cl)cc1)C3. The predicted octanol–water partition coefficient (Wildman–Crippen LogP) is 4.60. The van der Waals surface area contributed by atoms with Crippen LogP contribution < -0.4 is 10.4 Å². The summed E-state index contributed by atoms with van der Waals surface area (Å²) < 4.78 is 0. The molecule has 2 heterocycles. The van der Waals surface area contributed by atoms with Crippen molar-refractivity contribution >= 4 is 23.0 Å². The Morgan fingerprint density at radius 3 is 2.77 bits per heavy atom. The van der Waals surface area contributed by atoms with Crippen molar-refractivity contribution < 1.29 is 0 Å². The van der Waals surface area contributed by atoms with Crippen molar-refractivity contribution in [3.8, 4) is 0 Å². The first-order valence-electron chi connectivity index (χ1n) is 7.81. The molecule has 114 valence electrons. The molecule has 1 aromatic heterocycles. The minimum absolute atomic E-state index is 0.360. The number of hydrazine groups is 1. The van der Waals surface area contributed by atoms with Crippen LogP contribution in [-0.2, 0) is 19.4 Å². The minimum atomic E-state index is 0.360. The van der Waals surface area contributed by atoms with Gasteiger partial charge in [-0.2, -0.15) is 0 Å². The Morgan fingerprint density at radius 1 is 1.23 bits per heavy atom. The Balaban J connectivity index is 1.68. The van der Waals surface area contributed by atoms with Crippen LogP contribution >= 0.6 is 11.6 Å².